The molecule has 2 saturated heterocycles. The molecule has 4 rings (SSSR count). The molecule has 2 aromatic rings. The Labute approximate surface area is 162 Å². The van der Waals surface area contributed by atoms with Crippen LogP contribution in [0.15, 0.2) is 54.6 Å². The lowest BCUT2D eigenvalue weighted by Gasteiger charge is -2.39. The molecule has 2 aliphatic rings. The van der Waals surface area contributed by atoms with Crippen LogP contribution in [0, 0.1) is 5.92 Å². The highest BCUT2D eigenvalue weighted by atomic mass is 16.9. The van der Waals surface area contributed by atoms with E-state index in [0.717, 1.165) is 25.4 Å². The lowest BCUT2D eigenvalue weighted by Crippen LogP contribution is -2.48. The van der Waals surface area contributed by atoms with Crippen LogP contribution in [0.4, 0.5) is 0 Å². The molecule has 4 nitrogen and oxygen atoms in total. The van der Waals surface area contributed by atoms with Gasteiger partial charge >= 0.3 is 0 Å². The summed E-state index contributed by atoms with van der Waals surface area (Å²) in [5.41, 5.74) is 2.62. The van der Waals surface area contributed by atoms with Crippen molar-refractivity contribution >= 4 is 0 Å². The molecule has 2 fully saturated rings. The van der Waals surface area contributed by atoms with E-state index >= 15 is 0 Å². The minimum absolute atomic E-state index is 0.0635. The Morgan fingerprint density at radius 2 is 1.81 bits per heavy atom. The van der Waals surface area contributed by atoms with Crippen molar-refractivity contribution in [1.82, 2.24) is 4.90 Å². The van der Waals surface area contributed by atoms with Crippen LogP contribution in [0.2, 0.25) is 0 Å². The van der Waals surface area contributed by atoms with Gasteiger partial charge in [-0.05, 0) is 36.1 Å². The van der Waals surface area contributed by atoms with Crippen LogP contribution in [0.3, 0.4) is 0 Å². The van der Waals surface area contributed by atoms with Crippen molar-refractivity contribution < 1.29 is 14.2 Å². The predicted molar refractivity (Wildman–Crippen MR) is 106 cm³/mol. The van der Waals surface area contributed by atoms with Gasteiger partial charge in [0.1, 0.15) is 11.9 Å². The smallest absolute Gasteiger partial charge is 0.171 e. The molecule has 2 aromatic carbocycles. The highest BCUT2D eigenvalue weighted by Crippen LogP contribution is 2.34. The standard InChI is InChI=1S/C23H29NO3/c1-16(2)19-10-7-11-20(12-19)27-22-15-24(13-18-8-5-4-6-9-18)14-21(22)23-25-17(3)26-23/h4-12,16-17,21-23H,13-15H2,1-3H3/t17?,21-,22?,23?/m0/s1. The molecule has 2 heterocycles. The summed E-state index contributed by atoms with van der Waals surface area (Å²) in [6.45, 7) is 9.07. The maximum absolute atomic E-state index is 6.44. The number of hydrogen-bond donors (Lipinski definition) is 0. The molecule has 0 spiro atoms. The SMILES string of the molecule is CC1OC([C@H]2CN(Cc3ccccc3)CC2Oc2cccc(C(C)C)c2)O1. The van der Waals surface area contributed by atoms with Crippen LogP contribution in [-0.2, 0) is 16.0 Å². The normalized spacial score (nSPS) is 28.3. The van der Waals surface area contributed by atoms with Gasteiger partial charge in [-0.15, -0.1) is 0 Å². The van der Waals surface area contributed by atoms with Gasteiger partial charge in [0.15, 0.2) is 12.6 Å². The molecule has 1 unspecified atom stereocenters. The van der Waals surface area contributed by atoms with Gasteiger partial charge in [-0.25, -0.2) is 0 Å². The van der Waals surface area contributed by atoms with E-state index in [4.69, 9.17) is 14.2 Å². The number of ether oxygens (including phenoxy) is 3. The van der Waals surface area contributed by atoms with Crippen LogP contribution < -0.4 is 4.74 Å². The van der Waals surface area contributed by atoms with Crippen LogP contribution in [0.1, 0.15) is 37.8 Å². The molecule has 144 valence electrons. The highest BCUT2D eigenvalue weighted by molar-refractivity contribution is 5.30. The number of hydrogen-bond acceptors (Lipinski definition) is 4. The second-order valence-electron chi connectivity index (χ2n) is 7.94. The van der Waals surface area contributed by atoms with Gasteiger partial charge in [-0.2, -0.15) is 0 Å². The zero-order valence-electron chi connectivity index (χ0n) is 16.4. The third-order valence-electron chi connectivity index (χ3n) is 5.45. The summed E-state index contributed by atoms with van der Waals surface area (Å²) in [5, 5.41) is 0. The molecule has 0 aromatic heterocycles. The minimum atomic E-state index is -0.168. The fraction of sp³-hybridized carbons (Fsp3) is 0.478. The van der Waals surface area contributed by atoms with E-state index in [0.29, 0.717) is 5.92 Å². The predicted octanol–water partition coefficient (Wildman–Crippen LogP) is 4.41. The Morgan fingerprint density at radius 1 is 1.04 bits per heavy atom. The van der Waals surface area contributed by atoms with E-state index in [1.165, 1.54) is 11.1 Å². The summed E-state index contributed by atoms with van der Waals surface area (Å²) in [6, 6.07) is 19.0. The van der Waals surface area contributed by atoms with E-state index in [2.05, 4.69) is 67.3 Å². The largest absolute Gasteiger partial charge is 0.489 e. The summed E-state index contributed by atoms with van der Waals surface area (Å²) < 4.78 is 18.1. The minimum Gasteiger partial charge on any atom is -0.489 e. The summed E-state index contributed by atoms with van der Waals surface area (Å²) >= 11 is 0. The monoisotopic (exact) mass is 367 g/mol. The summed E-state index contributed by atoms with van der Waals surface area (Å²) in [6.07, 6.45) is -0.212. The summed E-state index contributed by atoms with van der Waals surface area (Å²) in [4.78, 5) is 2.44. The Kier molecular flexibility index (Phi) is 5.48. The van der Waals surface area contributed by atoms with E-state index in [-0.39, 0.29) is 24.6 Å². The number of nitrogens with zero attached hydrogens (tertiary/aromatic N) is 1. The van der Waals surface area contributed by atoms with Gasteiger partial charge in [-0.1, -0.05) is 56.3 Å². The Morgan fingerprint density at radius 3 is 2.52 bits per heavy atom. The molecule has 0 saturated carbocycles. The molecule has 0 aliphatic carbocycles. The fourth-order valence-corrected chi connectivity index (χ4v) is 3.95. The first kappa shape index (κ1) is 18.5. The van der Waals surface area contributed by atoms with Crippen molar-refractivity contribution in [2.75, 3.05) is 13.1 Å². The first-order valence-electron chi connectivity index (χ1n) is 9.92. The van der Waals surface area contributed by atoms with Crippen molar-refractivity contribution in [1.29, 1.82) is 0 Å². The van der Waals surface area contributed by atoms with Crippen LogP contribution in [0.25, 0.3) is 0 Å². The van der Waals surface area contributed by atoms with E-state index < -0.39 is 0 Å². The zero-order chi connectivity index (χ0) is 18.8. The lowest BCUT2D eigenvalue weighted by atomic mass is 10.0. The molecular weight excluding hydrogens is 338 g/mol. The second kappa shape index (κ2) is 8.01. The average Bonchev–Trinajstić information content (AvgIpc) is 3.01. The van der Waals surface area contributed by atoms with Gasteiger partial charge in [0.2, 0.25) is 0 Å². The van der Waals surface area contributed by atoms with Gasteiger partial charge in [0.25, 0.3) is 0 Å². The first-order chi connectivity index (χ1) is 13.1. The molecular formula is C23H29NO3. The van der Waals surface area contributed by atoms with E-state index in [1.807, 2.05) is 13.0 Å². The lowest BCUT2D eigenvalue weighted by molar-refractivity contribution is -0.394. The molecule has 0 amide bonds. The number of rotatable bonds is 6. The molecule has 2 atom stereocenters. The number of likely N-dealkylation sites (tertiary alicyclic amines) is 1. The quantitative estimate of drug-likeness (QED) is 0.757. The van der Waals surface area contributed by atoms with E-state index in [9.17, 15) is 0 Å². The zero-order valence-corrected chi connectivity index (χ0v) is 16.4. The van der Waals surface area contributed by atoms with Crippen molar-refractivity contribution in [3.05, 3.63) is 65.7 Å². The van der Waals surface area contributed by atoms with Gasteiger partial charge in [-0.3, -0.25) is 4.90 Å². The molecule has 0 radical (unpaired) electrons. The summed E-state index contributed by atoms with van der Waals surface area (Å²) in [7, 11) is 0. The van der Waals surface area contributed by atoms with Gasteiger partial charge in [0.05, 0.1) is 5.92 Å². The molecule has 0 N–H and O–H groups in total. The van der Waals surface area contributed by atoms with Crippen LogP contribution in [0.5, 0.6) is 5.75 Å². The number of benzene rings is 2. The maximum atomic E-state index is 6.44. The van der Waals surface area contributed by atoms with Crippen molar-refractivity contribution in [2.24, 2.45) is 5.92 Å². The Hall–Kier alpha value is -1.88. The van der Waals surface area contributed by atoms with Gasteiger partial charge in [0, 0.05) is 19.6 Å². The van der Waals surface area contributed by atoms with Crippen LogP contribution in [-0.4, -0.2) is 36.7 Å². The third kappa shape index (κ3) is 4.34. The molecule has 4 heteroatoms. The molecule has 2 aliphatic heterocycles. The Balaban J connectivity index is 1.47. The van der Waals surface area contributed by atoms with E-state index in [1.54, 1.807) is 0 Å². The first-order valence-corrected chi connectivity index (χ1v) is 9.92. The second-order valence-corrected chi connectivity index (χ2v) is 7.94. The van der Waals surface area contributed by atoms with Crippen molar-refractivity contribution in [3.8, 4) is 5.75 Å². The maximum Gasteiger partial charge on any atom is 0.171 e. The topological polar surface area (TPSA) is 30.9 Å². The fourth-order valence-electron chi connectivity index (χ4n) is 3.95. The van der Waals surface area contributed by atoms with Crippen molar-refractivity contribution in [2.45, 2.75) is 51.9 Å². The highest BCUT2D eigenvalue weighted by Gasteiger charge is 2.45. The van der Waals surface area contributed by atoms with Crippen molar-refractivity contribution in [3.63, 3.8) is 0 Å². The third-order valence-corrected chi connectivity index (χ3v) is 5.45. The average molecular weight is 367 g/mol. The van der Waals surface area contributed by atoms with Gasteiger partial charge < -0.3 is 14.2 Å². The Bertz CT molecular complexity index is 742. The molecule has 0 bridgehead atoms. The van der Waals surface area contributed by atoms with Crippen LogP contribution >= 0.6 is 0 Å². The molecule has 27 heavy (non-hydrogen) atoms. The summed E-state index contributed by atoms with van der Waals surface area (Å²) in [5.74, 6) is 1.64.